The molecule has 29 heavy (non-hydrogen) atoms. The van der Waals surface area contributed by atoms with Gasteiger partial charge in [0.05, 0.1) is 27.0 Å². The van der Waals surface area contributed by atoms with Crippen molar-refractivity contribution in [2.45, 2.75) is 0 Å². The van der Waals surface area contributed by atoms with Crippen molar-refractivity contribution < 1.29 is 14.7 Å². The fraction of sp³-hybridized carbons (Fsp3) is 0. The number of aromatic hydroxyl groups is 1. The van der Waals surface area contributed by atoms with Crippen LogP contribution in [0.25, 0.3) is 16.7 Å². The minimum absolute atomic E-state index is 0.0979. The number of thiophene rings is 1. The summed E-state index contributed by atoms with van der Waals surface area (Å²) in [6, 6.07) is 19.0. The first kappa shape index (κ1) is 17.3. The summed E-state index contributed by atoms with van der Waals surface area (Å²) in [4.78, 5) is 31.5. The SMILES string of the molecule is O=C(c1cc(C(=O)c2cccs2)c2nc3ccccc3n2c1)c1ccccc1O. The second kappa shape index (κ2) is 6.68. The Kier molecular flexibility index (Phi) is 4.00. The molecule has 0 fully saturated rings. The minimum atomic E-state index is -0.358. The molecule has 5 rings (SSSR count). The van der Waals surface area contributed by atoms with Gasteiger partial charge in [0.25, 0.3) is 0 Å². The molecule has 5 nitrogen and oxygen atoms in total. The highest BCUT2D eigenvalue weighted by Crippen LogP contribution is 2.27. The van der Waals surface area contributed by atoms with Crippen molar-refractivity contribution >= 4 is 39.6 Å². The first-order valence-corrected chi connectivity index (χ1v) is 9.83. The summed E-state index contributed by atoms with van der Waals surface area (Å²) >= 11 is 1.34. The average Bonchev–Trinajstić information content (AvgIpc) is 3.40. The highest BCUT2D eigenvalue weighted by molar-refractivity contribution is 7.12. The predicted molar refractivity (Wildman–Crippen MR) is 112 cm³/mol. The molecule has 0 bridgehead atoms. The summed E-state index contributed by atoms with van der Waals surface area (Å²) in [6.45, 7) is 0. The van der Waals surface area contributed by atoms with Gasteiger partial charge in [-0.25, -0.2) is 4.98 Å². The smallest absolute Gasteiger partial charge is 0.206 e. The second-order valence-corrected chi connectivity index (χ2v) is 7.54. The molecule has 5 aromatic rings. The van der Waals surface area contributed by atoms with Crippen molar-refractivity contribution in [3.8, 4) is 5.75 Å². The standard InChI is InChI=1S/C23H14N2O3S/c26-19-9-4-1-6-15(19)21(27)14-12-16(22(28)20-10-5-11-29-20)23-24-17-7-2-3-8-18(17)25(23)13-14/h1-13,26H. The number of nitrogens with zero attached hydrogens (tertiary/aromatic N) is 2. The molecule has 0 aliphatic carbocycles. The zero-order valence-corrected chi connectivity index (χ0v) is 15.9. The number of hydrogen-bond acceptors (Lipinski definition) is 5. The number of carbonyl (C=O) groups excluding carboxylic acids is 2. The quantitative estimate of drug-likeness (QED) is 0.445. The first-order chi connectivity index (χ1) is 14.1. The third kappa shape index (κ3) is 2.81. The summed E-state index contributed by atoms with van der Waals surface area (Å²) in [6.07, 6.45) is 1.67. The van der Waals surface area contributed by atoms with E-state index in [9.17, 15) is 14.7 Å². The van der Waals surface area contributed by atoms with Gasteiger partial charge < -0.3 is 5.11 Å². The van der Waals surface area contributed by atoms with Crippen molar-refractivity contribution in [1.29, 1.82) is 0 Å². The van der Waals surface area contributed by atoms with E-state index in [4.69, 9.17) is 0 Å². The fourth-order valence-corrected chi connectivity index (χ4v) is 4.09. The molecule has 3 aromatic heterocycles. The van der Waals surface area contributed by atoms with Crippen molar-refractivity contribution in [1.82, 2.24) is 9.38 Å². The number of phenolic OH excluding ortho intramolecular Hbond substituents is 1. The van der Waals surface area contributed by atoms with E-state index in [0.717, 1.165) is 11.0 Å². The van der Waals surface area contributed by atoms with Crippen LogP contribution < -0.4 is 0 Å². The van der Waals surface area contributed by atoms with Gasteiger partial charge in [0, 0.05) is 11.8 Å². The van der Waals surface area contributed by atoms with Crippen molar-refractivity contribution in [3.05, 3.63) is 99.9 Å². The zero-order valence-electron chi connectivity index (χ0n) is 15.1. The topological polar surface area (TPSA) is 71.7 Å². The highest BCUT2D eigenvalue weighted by Gasteiger charge is 2.22. The van der Waals surface area contributed by atoms with Crippen LogP contribution in [0.1, 0.15) is 31.2 Å². The molecular weight excluding hydrogens is 384 g/mol. The van der Waals surface area contributed by atoms with E-state index in [0.29, 0.717) is 21.7 Å². The molecule has 0 saturated heterocycles. The van der Waals surface area contributed by atoms with E-state index in [-0.39, 0.29) is 22.9 Å². The Bertz CT molecular complexity index is 1400. The van der Waals surface area contributed by atoms with Gasteiger partial charge in [0.1, 0.15) is 11.4 Å². The molecule has 0 aliphatic heterocycles. The minimum Gasteiger partial charge on any atom is -0.507 e. The lowest BCUT2D eigenvalue weighted by molar-refractivity contribution is 0.103. The number of hydrogen-bond donors (Lipinski definition) is 1. The normalized spacial score (nSPS) is 11.2. The molecule has 0 unspecified atom stereocenters. The number of benzene rings is 2. The summed E-state index contributed by atoms with van der Waals surface area (Å²) < 4.78 is 1.77. The van der Waals surface area contributed by atoms with Gasteiger partial charge >= 0.3 is 0 Å². The number of fused-ring (bicyclic) bond motifs is 3. The van der Waals surface area contributed by atoms with Crippen molar-refractivity contribution in [2.24, 2.45) is 0 Å². The summed E-state index contributed by atoms with van der Waals surface area (Å²) in [5.74, 6) is -0.644. The summed E-state index contributed by atoms with van der Waals surface area (Å²) in [7, 11) is 0. The van der Waals surface area contributed by atoms with Crippen LogP contribution in [-0.4, -0.2) is 26.1 Å². The van der Waals surface area contributed by atoms with Crippen LogP contribution in [0, 0.1) is 0 Å². The molecule has 2 aromatic carbocycles. The van der Waals surface area contributed by atoms with Gasteiger partial charge in [-0.15, -0.1) is 11.3 Å². The number of carbonyl (C=O) groups is 2. The highest BCUT2D eigenvalue weighted by atomic mass is 32.1. The predicted octanol–water partition coefficient (Wildman–Crippen LogP) is 4.72. The summed E-state index contributed by atoms with van der Waals surface area (Å²) in [5.41, 5.74) is 2.88. The molecular formula is C23H14N2O3S. The van der Waals surface area contributed by atoms with Crippen molar-refractivity contribution in [2.75, 3.05) is 0 Å². The molecule has 0 amide bonds. The molecule has 0 atom stereocenters. The number of aromatic nitrogens is 2. The van der Waals surface area contributed by atoms with Crippen LogP contribution in [0.5, 0.6) is 5.75 Å². The Morgan fingerprint density at radius 1 is 0.897 bits per heavy atom. The molecule has 1 N–H and O–H groups in total. The lowest BCUT2D eigenvalue weighted by Gasteiger charge is -2.08. The van der Waals surface area contributed by atoms with Crippen LogP contribution in [0.2, 0.25) is 0 Å². The Morgan fingerprint density at radius 2 is 1.69 bits per heavy atom. The van der Waals surface area contributed by atoms with E-state index in [1.807, 2.05) is 35.7 Å². The van der Waals surface area contributed by atoms with E-state index >= 15 is 0 Å². The van der Waals surface area contributed by atoms with E-state index in [1.165, 1.54) is 17.4 Å². The monoisotopic (exact) mass is 398 g/mol. The van der Waals surface area contributed by atoms with Crippen LogP contribution in [0.4, 0.5) is 0 Å². The molecule has 0 radical (unpaired) electrons. The van der Waals surface area contributed by atoms with Gasteiger partial charge in [-0.2, -0.15) is 0 Å². The number of ketones is 2. The summed E-state index contributed by atoms with van der Waals surface area (Å²) in [5, 5.41) is 11.9. The average molecular weight is 398 g/mol. The van der Waals surface area contributed by atoms with Gasteiger partial charge in [-0.1, -0.05) is 30.3 Å². The van der Waals surface area contributed by atoms with Crippen LogP contribution >= 0.6 is 11.3 Å². The third-order valence-corrected chi connectivity index (χ3v) is 5.67. The fourth-order valence-electron chi connectivity index (χ4n) is 3.41. The number of para-hydroxylation sites is 3. The Hall–Kier alpha value is -3.77. The van der Waals surface area contributed by atoms with Crippen LogP contribution in [-0.2, 0) is 0 Å². The number of phenols is 1. The third-order valence-electron chi connectivity index (χ3n) is 4.81. The largest absolute Gasteiger partial charge is 0.507 e. The van der Waals surface area contributed by atoms with Crippen LogP contribution in [0.15, 0.2) is 78.3 Å². The van der Waals surface area contributed by atoms with E-state index in [2.05, 4.69) is 4.98 Å². The van der Waals surface area contributed by atoms with Gasteiger partial charge in [0.15, 0.2) is 5.78 Å². The second-order valence-electron chi connectivity index (χ2n) is 6.59. The van der Waals surface area contributed by atoms with Crippen LogP contribution in [0.3, 0.4) is 0 Å². The molecule has 3 heterocycles. The molecule has 0 aliphatic rings. The van der Waals surface area contributed by atoms with Gasteiger partial charge in [-0.3, -0.25) is 14.0 Å². The Balaban J connectivity index is 1.79. The maximum absolute atomic E-state index is 13.2. The zero-order chi connectivity index (χ0) is 20.0. The molecule has 140 valence electrons. The molecule has 0 spiro atoms. The van der Waals surface area contributed by atoms with E-state index in [1.54, 1.807) is 40.9 Å². The lowest BCUT2D eigenvalue weighted by atomic mass is 10.0. The maximum Gasteiger partial charge on any atom is 0.206 e. The maximum atomic E-state index is 13.2. The number of pyridine rings is 1. The van der Waals surface area contributed by atoms with Gasteiger partial charge in [-0.05, 0) is 41.8 Å². The Morgan fingerprint density at radius 3 is 2.48 bits per heavy atom. The van der Waals surface area contributed by atoms with Gasteiger partial charge in [0.2, 0.25) is 5.78 Å². The van der Waals surface area contributed by atoms with Crippen molar-refractivity contribution in [3.63, 3.8) is 0 Å². The lowest BCUT2D eigenvalue weighted by Crippen LogP contribution is -2.09. The number of imidazole rings is 1. The molecule has 6 heteroatoms. The van der Waals surface area contributed by atoms with E-state index < -0.39 is 0 Å². The Labute approximate surface area is 169 Å². The number of rotatable bonds is 4. The first-order valence-electron chi connectivity index (χ1n) is 8.95. The molecule has 0 saturated carbocycles.